The molecule has 6 heteroatoms. The van der Waals surface area contributed by atoms with E-state index in [1.165, 1.54) is 5.56 Å². The Morgan fingerprint density at radius 1 is 0.794 bits per heavy atom. The average molecular weight is 457 g/mol. The highest BCUT2D eigenvalue weighted by Gasteiger charge is 2.19. The summed E-state index contributed by atoms with van der Waals surface area (Å²) < 4.78 is 0. The molecule has 4 rings (SSSR count). The number of hydrogen-bond acceptors (Lipinski definition) is 3. The highest BCUT2D eigenvalue weighted by Crippen LogP contribution is 2.30. The van der Waals surface area contributed by atoms with Crippen LogP contribution >= 0.6 is 0 Å². The second kappa shape index (κ2) is 10.4. The van der Waals surface area contributed by atoms with Gasteiger partial charge in [-0.25, -0.2) is 4.79 Å². The molecule has 0 radical (unpaired) electrons. The molecular weight excluding hydrogens is 424 g/mol. The fourth-order valence-electron chi connectivity index (χ4n) is 4.15. The number of hydrogen-bond donors (Lipinski definition) is 3. The van der Waals surface area contributed by atoms with Crippen LogP contribution in [0.1, 0.15) is 45.5 Å². The lowest BCUT2D eigenvalue weighted by molar-refractivity contribution is 0.0951. The molecule has 1 fully saturated rings. The topological polar surface area (TPSA) is 73.5 Å². The van der Waals surface area contributed by atoms with Crippen LogP contribution in [0.2, 0.25) is 0 Å². The third kappa shape index (κ3) is 5.76. The Hall–Kier alpha value is -3.80. The van der Waals surface area contributed by atoms with E-state index in [0.29, 0.717) is 17.8 Å². The zero-order chi connectivity index (χ0) is 24.1. The van der Waals surface area contributed by atoms with Gasteiger partial charge >= 0.3 is 6.03 Å². The molecule has 1 heterocycles. The van der Waals surface area contributed by atoms with Gasteiger partial charge in [0, 0.05) is 30.9 Å². The normalized spacial score (nSPS) is 13.0. The summed E-state index contributed by atoms with van der Waals surface area (Å²) in [5, 5.41) is 8.91. The standard InChI is InChI=1S/C28H32N4O2/c1-19-7-10-22(11-8-19)18-29-27(33)23-12-13-26(32-14-4-5-15-32)25(17-23)31-28(34)30-24-16-20(2)6-9-21(24)3/h6-13,16-17H,4-5,14-15,18H2,1-3H3,(H,29,33)(H2,30,31,34). The van der Waals surface area contributed by atoms with Gasteiger partial charge in [0.25, 0.3) is 5.91 Å². The van der Waals surface area contributed by atoms with Gasteiger partial charge in [0.15, 0.2) is 0 Å². The number of benzene rings is 3. The molecule has 1 saturated heterocycles. The van der Waals surface area contributed by atoms with E-state index in [-0.39, 0.29) is 11.9 Å². The van der Waals surface area contributed by atoms with Gasteiger partial charge in [-0.05, 0) is 74.6 Å². The molecule has 3 aromatic rings. The number of nitrogens with one attached hydrogen (secondary N) is 3. The van der Waals surface area contributed by atoms with E-state index in [1.807, 2.05) is 75.4 Å². The monoisotopic (exact) mass is 456 g/mol. The minimum absolute atomic E-state index is 0.175. The molecule has 0 atom stereocenters. The van der Waals surface area contributed by atoms with Crippen LogP contribution in [0.15, 0.2) is 60.7 Å². The number of rotatable bonds is 6. The summed E-state index contributed by atoms with van der Waals surface area (Å²) in [6.45, 7) is 8.31. The number of urea groups is 1. The first-order chi connectivity index (χ1) is 16.4. The first-order valence-electron chi connectivity index (χ1n) is 11.8. The second-order valence-electron chi connectivity index (χ2n) is 8.99. The van der Waals surface area contributed by atoms with Crippen LogP contribution in [-0.4, -0.2) is 25.0 Å². The van der Waals surface area contributed by atoms with E-state index in [4.69, 9.17) is 0 Å². The molecule has 176 valence electrons. The average Bonchev–Trinajstić information content (AvgIpc) is 3.35. The van der Waals surface area contributed by atoms with E-state index in [1.54, 1.807) is 6.07 Å². The fraction of sp³-hybridized carbons (Fsp3) is 0.286. The molecule has 3 N–H and O–H groups in total. The number of nitrogens with zero attached hydrogens (tertiary/aromatic N) is 1. The summed E-state index contributed by atoms with van der Waals surface area (Å²) in [6.07, 6.45) is 2.24. The lowest BCUT2D eigenvalue weighted by Crippen LogP contribution is -2.26. The van der Waals surface area contributed by atoms with Crippen LogP contribution < -0.4 is 20.9 Å². The largest absolute Gasteiger partial charge is 0.370 e. The molecule has 3 amide bonds. The maximum Gasteiger partial charge on any atom is 0.323 e. The lowest BCUT2D eigenvalue weighted by atomic mass is 10.1. The third-order valence-corrected chi connectivity index (χ3v) is 6.17. The molecule has 34 heavy (non-hydrogen) atoms. The summed E-state index contributed by atoms with van der Waals surface area (Å²) in [7, 11) is 0. The zero-order valence-electron chi connectivity index (χ0n) is 20.1. The maximum absolute atomic E-state index is 12.9. The third-order valence-electron chi connectivity index (χ3n) is 6.17. The van der Waals surface area contributed by atoms with Crippen molar-refractivity contribution in [2.24, 2.45) is 0 Å². The van der Waals surface area contributed by atoms with Gasteiger partial charge in [0.1, 0.15) is 0 Å². The van der Waals surface area contributed by atoms with Crippen molar-refractivity contribution in [3.05, 3.63) is 88.5 Å². The number of anilines is 3. The van der Waals surface area contributed by atoms with E-state index < -0.39 is 0 Å². The summed E-state index contributed by atoms with van der Waals surface area (Å²) in [6, 6.07) is 19.2. The smallest absolute Gasteiger partial charge is 0.323 e. The first kappa shape index (κ1) is 23.4. The van der Waals surface area contributed by atoms with Gasteiger partial charge in [-0.3, -0.25) is 4.79 Å². The molecule has 1 aliphatic rings. The molecule has 0 saturated carbocycles. The van der Waals surface area contributed by atoms with Gasteiger partial charge in [0.05, 0.1) is 11.4 Å². The molecular formula is C28H32N4O2. The Bertz CT molecular complexity index is 1180. The van der Waals surface area contributed by atoms with E-state index in [0.717, 1.165) is 54.0 Å². The van der Waals surface area contributed by atoms with Crippen molar-refractivity contribution in [2.75, 3.05) is 28.6 Å². The molecule has 1 aliphatic heterocycles. The Morgan fingerprint density at radius 3 is 2.21 bits per heavy atom. The zero-order valence-corrected chi connectivity index (χ0v) is 20.1. The van der Waals surface area contributed by atoms with Gasteiger partial charge in [-0.1, -0.05) is 42.0 Å². The minimum Gasteiger partial charge on any atom is -0.370 e. The molecule has 0 aliphatic carbocycles. The summed E-state index contributed by atoms with van der Waals surface area (Å²) in [5.74, 6) is -0.175. The molecule has 6 nitrogen and oxygen atoms in total. The SMILES string of the molecule is Cc1ccc(CNC(=O)c2ccc(N3CCCC3)c(NC(=O)Nc3cc(C)ccc3C)c2)cc1. The van der Waals surface area contributed by atoms with E-state index in [2.05, 4.69) is 20.9 Å². The predicted molar refractivity (Wildman–Crippen MR) is 139 cm³/mol. The summed E-state index contributed by atoms with van der Waals surface area (Å²) >= 11 is 0. The number of carbonyl (C=O) groups excluding carboxylic acids is 2. The van der Waals surface area contributed by atoms with Crippen LogP contribution in [0.25, 0.3) is 0 Å². The summed E-state index contributed by atoms with van der Waals surface area (Å²) in [4.78, 5) is 28.0. The minimum atomic E-state index is -0.327. The molecule has 0 aromatic heterocycles. The Kier molecular flexibility index (Phi) is 7.16. The summed E-state index contributed by atoms with van der Waals surface area (Å²) in [5.41, 5.74) is 7.14. The molecule has 0 unspecified atom stereocenters. The van der Waals surface area contributed by atoms with Gasteiger partial charge in [-0.15, -0.1) is 0 Å². The predicted octanol–water partition coefficient (Wildman–Crippen LogP) is 5.79. The van der Waals surface area contributed by atoms with Crippen LogP contribution in [0, 0.1) is 20.8 Å². The Morgan fingerprint density at radius 2 is 1.47 bits per heavy atom. The quantitative estimate of drug-likeness (QED) is 0.440. The Balaban J connectivity index is 1.51. The van der Waals surface area contributed by atoms with Crippen molar-refractivity contribution < 1.29 is 9.59 Å². The van der Waals surface area contributed by atoms with Crippen molar-refractivity contribution in [2.45, 2.75) is 40.2 Å². The number of aryl methyl sites for hydroxylation is 3. The van der Waals surface area contributed by atoms with E-state index in [9.17, 15) is 9.59 Å². The van der Waals surface area contributed by atoms with Crippen molar-refractivity contribution in [3.63, 3.8) is 0 Å². The van der Waals surface area contributed by atoms with Gasteiger partial charge < -0.3 is 20.9 Å². The van der Waals surface area contributed by atoms with Gasteiger partial charge in [-0.2, -0.15) is 0 Å². The lowest BCUT2D eigenvalue weighted by Gasteiger charge is -2.22. The molecule has 0 spiro atoms. The molecule has 0 bridgehead atoms. The van der Waals surface area contributed by atoms with Crippen LogP contribution in [0.3, 0.4) is 0 Å². The van der Waals surface area contributed by atoms with E-state index >= 15 is 0 Å². The Labute approximate surface area is 201 Å². The first-order valence-corrected chi connectivity index (χ1v) is 11.8. The molecule has 3 aromatic carbocycles. The number of carbonyl (C=O) groups is 2. The fourth-order valence-corrected chi connectivity index (χ4v) is 4.15. The van der Waals surface area contributed by atoms with Gasteiger partial charge in [0.2, 0.25) is 0 Å². The maximum atomic E-state index is 12.9. The second-order valence-corrected chi connectivity index (χ2v) is 8.99. The van der Waals surface area contributed by atoms with Crippen LogP contribution in [0.5, 0.6) is 0 Å². The van der Waals surface area contributed by atoms with Crippen molar-refractivity contribution in [1.29, 1.82) is 0 Å². The van der Waals surface area contributed by atoms with Crippen LogP contribution in [-0.2, 0) is 6.54 Å². The van der Waals surface area contributed by atoms with Crippen molar-refractivity contribution >= 4 is 29.0 Å². The van der Waals surface area contributed by atoms with Crippen LogP contribution in [0.4, 0.5) is 21.9 Å². The highest BCUT2D eigenvalue weighted by atomic mass is 16.2. The van der Waals surface area contributed by atoms with Crippen molar-refractivity contribution in [3.8, 4) is 0 Å². The van der Waals surface area contributed by atoms with Crippen molar-refractivity contribution in [1.82, 2.24) is 5.32 Å². The highest BCUT2D eigenvalue weighted by molar-refractivity contribution is 6.04. The number of amides is 3.